The molecule has 0 saturated carbocycles. The van der Waals surface area contributed by atoms with Gasteiger partial charge in [-0.2, -0.15) is 12.7 Å². The van der Waals surface area contributed by atoms with Crippen LogP contribution in [-0.4, -0.2) is 67.8 Å². The summed E-state index contributed by atoms with van der Waals surface area (Å²) in [7, 11) is -3.68. The Hall–Kier alpha value is -1.55. The summed E-state index contributed by atoms with van der Waals surface area (Å²) in [4.78, 5) is 18.5. The first-order valence-corrected chi connectivity index (χ1v) is 9.65. The van der Waals surface area contributed by atoms with Crippen molar-refractivity contribution in [2.45, 2.75) is 12.8 Å². The van der Waals surface area contributed by atoms with Gasteiger partial charge in [0.05, 0.1) is 5.56 Å². The van der Waals surface area contributed by atoms with Crippen LogP contribution in [0.4, 0.5) is 0 Å². The number of amides is 1. The number of hydrogen-bond acceptors (Lipinski definition) is 5. The molecule has 2 fully saturated rings. The minimum Gasteiger partial charge on any atom is -0.336 e. The molecule has 0 bridgehead atoms. The van der Waals surface area contributed by atoms with E-state index in [1.54, 1.807) is 11.1 Å². The molecular weight excluding hydrogens is 330 g/mol. The Kier molecular flexibility index (Phi) is 5.14. The lowest BCUT2D eigenvalue weighted by Crippen LogP contribution is -2.52. The Morgan fingerprint density at radius 3 is 2.67 bits per heavy atom. The maximum absolute atomic E-state index is 12.6. The zero-order chi connectivity index (χ0) is 17.2. The summed E-state index contributed by atoms with van der Waals surface area (Å²) >= 11 is 0. The monoisotopic (exact) mass is 353 g/mol. The Morgan fingerprint density at radius 2 is 2.04 bits per heavy atom. The molecule has 8 nitrogen and oxygen atoms in total. The third-order valence-electron chi connectivity index (χ3n) is 4.61. The average Bonchev–Trinajstić information content (AvgIpc) is 3.07. The van der Waals surface area contributed by atoms with E-state index in [1.165, 1.54) is 4.31 Å². The van der Waals surface area contributed by atoms with E-state index in [1.807, 2.05) is 12.3 Å². The largest absolute Gasteiger partial charge is 0.336 e. The lowest BCUT2D eigenvalue weighted by Gasteiger charge is -2.33. The molecule has 0 aliphatic carbocycles. The van der Waals surface area contributed by atoms with Gasteiger partial charge in [-0.1, -0.05) is 0 Å². The van der Waals surface area contributed by atoms with Crippen molar-refractivity contribution < 1.29 is 13.2 Å². The molecule has 2 aliphatic heterocycles. The number of nitrogens with zero attached hydrogens (tertiary/aromatic N) is 3. The maximum Gasteiger partial charge on any atom is 0.277 e. The highest BCUT2D eigenvalue weighted by Gasteiger charge is 2.27. The molecule has 1 aromatic rings. The molecule has 1 atom stereocenters. The van der Waals surface area contributed by atoms with Crippen molar-refractivity contribution in [3.05, 3.63) is 29.6 Å². The molecule has 1 unspecified atom stereocenters. The van der Waals surface area contributed by atoms with Gasteiger partial charge in [-0.05, 0) is 43.5 Å². The van der Waals surface area contributed by atoms with Crippen molar-refractivity contribution >= 4 is 16.1 Å². The second kappa shape index (κ2) is 7.14. The smallest absolute Gasteiger partial charge is 0.277 e. The first kappa shape index (κ1) is 17.3. The summed E-state index contributed by atoms with van der Waals surface area (Å²) in [5, 5.41) is 8.46. The molecule has 0 spiro atoms. The molecule has 3 heterocycles. The topological polar surface area (TPSA) is 109 Å². The van der Waals surface area contributed by atoms with E-state index in [2.05, 4.69) is 10.3 Å². The standard InChI is InChI=1S/C15H23N5O3S/c16-24(22,23)20-5-3-19(4-6-20)15(21)14-8-13(10-18-11-14)7-12-1-2-17-9-12/h8,10-12,17H,1-7,9H2,(H2,16,22,23). The van der Waals surface area contributed by atoms with Crippen LogP contribution in [0.3, 0.4) is 0 Å². The lowest BCUT2D eigenvalue weighted by molar-refractivity contribution is 0.0697. The highest BCUT2D eigenvalue weighted by molar-refractivity contribution is 7.86. The van der Waals surface area contributed by atoms with Gasteiger partial charge < -0.3 is 10.2 Å². The second-order valence-electron chi connectivity index (χ2n) is 6.38. The van der Waals surface area contributed by atoms with E-state index in [0.29, 0.717) is 24.6 Å². The fourth-order valence-electron chi connectivity index (χ4n) is 3.27. The molecule has 0 radical (unpaired) electrons. The molecule has 1 aromatic heterocycles. The molecular formula is C15H23N5O3S. The third-order valence-corrected chi connectivity index (χ3v) is 5.70. The van der Waals surface area contributed by atoms with E-state index >= 15 is 0 Å². The summed E-state index contributed by atoms with van der Waals surface area (Å²) in [6.45, 7) is 3.19. The predicted molar refractivity (Wildman–Crippen MR) is 89.5 cm³/mol. The Balaban J connectivity index is 1.63. The number of piperazine rings is 1. The summed E-state index contributed by atoms with van der Waals surface area (Å²) in [6, 6.07) is 1.90. The Bertz CT molecular complexity index is 695. The van der Waals surface area contributed by atoms with Crippen LogP contribution in [0.5, 0.6) is 0 Å². The molecule has 9 heteroatoms. The predicted octanol–water partition coefficient (Wildman–Crippen LogP) is -0.805. The highest BCUT2D eigenvalue weighted by atomic mass is 32.2. The highest BCUT2D eigenvalue weighted by Crippen LogP contribution is 2.17. The molecule has 1 amide bonds. The molecule has 3 rings (SSSR count). The Morgan fingerprint density at radius 1 is 1.29 bits per heavy atom. The summed E-state index contributed by atoms with van der Waals surface area (Å²) in [5.41, 5.74) is 1.63. The molecule has 24 heavy (non-hydrogen) atoms. The molecule has 2 aliphatic rings. The number of hydrogen-bond donors (Lipinski definition) is 2. The number of carbonyl (C=O) groups is 1. The van der Waals surface area contributed by atoms with Crippen molar-refractivity contribution in [1.29, 1.82) is 0 Å². The van der Waals surface area contributed by atoms with E-state index in [9.17, 15) is 13.2 Å². The van der Waals surface area contributed by atoms with Gasteiger partial charge in [-0.25, -0.2) is 5.14 Å². The number of carbonyl (C=O) groups excluding carboxylic acids is 1. The minimum atomic E-state index is -3.68. The SMILES string of the molecule is NS(=O)(=O)N1CCN(C(=O)c2cncc(CC3CCNC3)c2)CC1. The minimum absolute atomic E-state index is 0.108. The van der Waals surface area contributed by atoms with E-state index in [4.69, 9.17) is 5.14 Å². The average molecular weight is 353 g/mol. The van der Waals surface area contributed by atoms with Crippen LogP contribution in [0.2, 0.25) is 0 Å². The van der Waals surface area contributed by atoms with E-state index in [0.717, 1.165) is 31.5 Å². The van der Waals surface area contributed by atoms with Crippen molar-refractivity contribution in [2.75, 3.05) is 39.3 Å². The van der Waals surface area contributed by atoms with Crippen LogP contribution in [0.1, 0.15) is 22.3 Å². The zero-order valence-corrected chi connectivity index (χ0v) is 14.3. The molecule has 0 aromatic carbocycles. The van der Waals surface area contributed by atoms with Crippen LogP contribution in [0.25, 0.3) is 0 Å². The van der Waals surface area contributed by atoms with Gasteiger partial charge in [0.2, 0.25) is 0 Å². The van der Waals surface area contributed by atoms with Crippen LogP contribution < -0.4 is 10.5 Å². The first-order valence-electron chi connectivity index (χ1n) is 8.15. The summed E-state index contributed by atoms with van der Waals surface area (Å²) < 4.78 is 23.8. The van der Waals surface area contributed by atoms with Gasteiger partial charge in [0.15, 0.2) is 0 Å². The summed E-state index contributed by atoms with van der Waals surface area (Å²) in [5.74, 6) is 0.485. The van der Waals surface area contributed by atoms with Crippen LogP contribution in [0.15, 0.2) is 18.5 Å². The van der Waals surface area contributed by atoms with Gasteiger partial charge in [0.25, 0.3) is 16.1 Å². The molecule has 132 valence electrons. The van der Waals surface area contributed by atoms with Gasteiger partial charge in [-0.15, -0.1) is 0 Å². The van der Waals surface area contributed by atoms with Crippen LogP contribution in [-0.2, 0) is 16.6 Å². The number of aromatic nitrogens is 1. The maximum atomic E-state index is 12.6. The number of rotatable bonds is 4. The van der Waals surface area contributed by atoms with Gasteiger partial charge in [-0.3, -0.25) is 9.78 Å². The number of pyridine rings is 1. The zero-order valence-electron chi connectivity index (χ0n) is 13.5. The Labute approximate surface area is 142 Å². The van der Waals surface area contributed by atoms with Crippen molar-refractivity contribution in [2.24, 2.45) is 11.1 Å². The fourth-order valence-corrected chi connectivity index (χ4v) is 3.94. The van der Waals surface area contributed by atoms with E-state index in [-0.39, 0.29) is 19.0 Å². The van der Waals surface area contributed by atoms with Gasteiger partial charge in [0.1, 0.15) is 0 Å². The van der Waals surface area contributed by atoms with Crippen molar-refractivity contribution in [3.8, 4) is 0 Å². The third kappa shape index (κ3) is 4.10. The normalized spacial score (nSPS) is 22.7. The fraction of sp³-hybridized carbons (Fsp3) is 0.600. The van der Waals surface area contributed by atoms with Crippen molar-refractivity contribution in [3.63, 3.8) is 0 Å². The van der Waals surface area contributed by atoms with Gasteiger partial charge >= 0.3 is 0 Å². The van der Waals surface area contributed by atoms with Crippen LogP contribution >= 0.6 is 0 Å². The van der Waals surface area contributed by atoms with E-state index < -0.39 is 10.2 Å². The van der Waals surface area contributed by atoms with Crippen molar-refractivity contribution in [1.82, 2.24) is 19.5 Å². The lowest BCUT2D eigenvalue weighted by atomic mass is 9.99. The summed E-state index contributed by atoms with van der Waals surface area (Å²) in [6.07, 6.45) is 5.45. The first-order chi connectivity index (χ1) is 11.4. The second-order valence-corrected chi connectivity index (χ2v) is 7.93. The number of nitrogens with one attached hydrogen (secondary N) is 1. The van der Waals surface area contributed by atoms with Gasteiger partial charge in [0, 0.05) is 38.6 Å². The molecule has 2 saturated heterocycles. The molecule has 3 N–H and O–H groups in total. The quantitative estimate of drug-likeness (QED) is 0.736. The van der Waals surface area contributed by atoms with Crippen LogP contribution in [0, 0.1) is 5.92 Å². The number of nitrogens with two attached hydrogens (primary N) is 1.